The zero-order valence-corrected chi connectivity index (χ0v) is 19.4. The van der Waals surface area contributed by atoms with Crippen molar-refractivity contribution in [3.8, 4) is 0 Å². The van der Waals surface area contributed by atoms with Crippen LogP contribution in [0, 0.1) is 0 Å². The number of hydrogen-bond donors (Lipinski definition) is 2. The zero-order valence-electron chi connectivity index (χ0n) is 19.4. The Labute approximate surface area is 192 Å². The maximum Gasteiger partial charge on any atom is 0.221 e. The molecule has 0 radical (unpaired) electrons. The predicted octanol–water partition coefficient (Wildman–Crippen LogP) is 2.40. The van der Waals surface area contributed by atoms with E-state index in [1.807, 2.05) is 24.5 Å². The maximum atomic E-state index is 11.3. The number of carbonyl (C=O) groups is 1. The number of benzene rings is 1. The van der Waals surface area contributed by atoms with Crippen LogP contribution in [-0.4, -0.2) is 77.9 Å². The largest absolute Gasteiger partial charge is 0.330 e. The van der Waals surface area contributed by atoms with Crippen molar-refractivity contribution in [2.24, 2.45) is 5.73 Å². The Kier molecular flexibility index (Phi) is 10.1. The van der Waals surface area contributed by atoms with E-state index >= 15 is 0 Å². The minimum absolute atomic E-state index is 0.0442. The van der Waals surface area contributed by atoms with Gasteiger partial charge in [-0.2, -0.15) is 0 Å². The predicted molar refractivity (Wildman–Crippen MR) is 130 cm³/mol. The van der Waals surface area contributed by atoms with Gasteiger partial charge in [-0.15, -0.1) is 0 Å². The topological polar surface area (TPSA) is 77.7 Å². The molecule has 0 spiro atoms. The van der Waals surface area contributed by atoms with E-state index in [2.05, 4.69) is 49.3 Å². The van der Waals surface area contributed by atoms with E-state index < -0.39 is 0 Å². The van der Waals surface area contributed by atoms with Crippen molar-refractivity contribution in [3.05, 3.63) is 59.9 Å². The lowest BCUT2D eigenvalue weighted by Gasteiger charge is -2.35. The van der Waals surface area contributed by atoms with Crippen molar-refractivity contribution in [3.63, 3.8) is 0 Å². The van der Waals surface area contributed by atoms with E-state index in [1.165, 1.54) is 18.1 Å². The molecule has 0 atom stereocenters. The Bertz CT molecular complexity index is 790. The summed E-state index contributed by atoms with van der Waals surface area (Å²) in [5.41, 5.74) is 9.01. The second kappa shape index (κ2) is 13.3. The number of pyridine rings is 1. The van der Waals surface area contributed by atoms with Crippen LogP contribution in [0.2, 0.25) is 0 Å². The van der Waals surface area contributed by atoms with E-state index in [-0.39, 0.29) is 5.91 Å². The van der Waals surface area contributed by atoms with Crippen LogP contribution in [0.15, 0.2) is 48.8 Å². The Morgan fingerprint density at radius 1 is 0.938 bits per heavy atom. The molecule has 1 fully saturated rings. The molecule has 1 aromatic carbocycles. The summed E-state index contributed by atoms with van der Waals surface area (Å²) in [6.07, 6.45) is 5.97. The summed E-state index contributed by atoms with van der Waals surface area (Å²) < 4.78 is 0. The summed E-state index contributed by atoms with van der Waals surface area (Å²) in [7, 11) is 0. The number of piperazine rings is 1. The molecule has 174 valence electrons. The van der Waals surface area contributed by atoms with Gasteiger partial charge < -0.3 is 20.9 Å². The van der Waals surface area contributed by atoms with Crippen molar-refractivity contribution in [1.82, 2.24) is 19.7 Å². The molecule has 0 unspecified atom stereocenters. The smallest absolute Gasteiger partial charge is 0.221 e. The monoisotopic (exact) mass is 438 g/mol. The lowest BCUT2D eigenvalue weighted by Crippen LogP contribution is -2.47. The van der Waals surface area contributed by atoms with Crippen molar-refractivity contribution in [1.29, 1.82) is 0 Å². The van der Waals surface area contributed by atoms with Crippen molar-refractivity contribution >= 4 is 11.6 Å². The summed E-state index contributed by atoms with van der Waals surface area (Å²) in [4.78, 5) is 23.0. The highest BCUT2D eigenvalue weighted by molar-refractivity contribution is 5.88. The number of carbonyl (C=O) groups excluding carboxylic acids is 1. The van der Waals surface area contributed by atoms with Gasteiger partial charge in [-0.1, -0.05) is 12.1 Å². The minimum Gasteiger partial charge on any atom is -0.330 e. The second-order valence-electron chi connectivity index (χ2n) is 8.62. The number of nitrogens with one attached hydrogen (secondary N) is 1. The van der Waals surface area contributed by atoms with E-state index in [0.717, 1.165) is 84.0 Å². The number of hydrogen-bond acceptors (Lipinski definition) is 6. The van der Waals surface area contributed by atoms with Crippen LogP contribution >= 0.6 is 0 Å². The molecule has 1 aliphatic rings. The van der Waals surface area contributed by atoms with Crippen LogP contribution in [0.5, 0.6) is 0 Å². The second-order valence-corrected chi connectivity index (χ2v) is 8.62. The molecule has 3 rings (SSSR count). The summed E-state index contributed by atoms with van der Waals surface area (Å²) in [5.74, 6) is -0.0442. The first-order chi connectivity index (χ1) is 15.6. The third-order valence-corrected chi connectivity index (χ3v) is 5.93. The molecule has 3 N–H and O–H groups in total. The summed E-state index contributed by atoms with van der Waals surface area (Å²) in [6.45, 7) is 12.0. The standard InChI is InChI=1S/C25H38N6O/c1-22(32)28-25-6-4-23(5-7-25)20-31(21-24-8-11-27-12-9-24)15-3-14-30-18-16-29(17-19-30)13-2-10-26/h4-9,11-12H,2-3,10,13-21,26H2,1H3,(H,28,32). The first-order valence-corrected chi connectivity index (χ1v) is 11.7. The lowest BCUT2D eigenvalue weighted by atomic mass is 10.1. The van der Waals surface area contributed by atoms with Gasteiger partial charge in [0.25, 0.3) is 0 Å². The molecule has 0 aliphatic carbocycles. The van der Waals surface area contributed by atoms with Crippen molar-refractivity contribution in [2.75, 3.05) is 57.7 Å². The molecule has 2 aromatic rings. The molecule has 1 amide bonds. The van der Waals surface area contributed by atoms with Crippen LogP contribution in [0.3, 0.4) is 0 Å². The lowest BCUT2D eigenvalue weighted by molar-refractivity contribution is -0.114. The van der Waals surface area contributed by atoms with Gasteiger partial charge >= 0.3 is 0 Å². The Balaban J connectivity index is 1.50. The molecule has 7 nitrogen and oxygen atoms in total. The van der Waals surface area contributed by atoms with Crippen LogP contribution in [-0.2, 0) is 17.9 Å². The minimum atomic E-state index is -0.0442. The summed E-state index contributed by atoms with van der Waals surface area (Å²) in [6, 6.07) is 12.3. The molecular weight excluding hydrogens is 400 g/mol. The number of amides is 1. The van der Waals surface area contributed by atoms with Gasteiger partial charge in [0.2, 0.25) is 5.91 Å². The molecular formula is C25H38N6O. The van der Waals surface area contributed by atoms with E-state index in [4.69, 9.17) is 5.73 Å². The number of anilines is 1. The molecule has 1 aliphatic heterocycles. The van der Waals surface area contributed by atoms with E-state index in [9.17, 15) is 4.79 Å². The van der Waals surface area contributed by atoms with Gasteiger partial charge in [-0.05, 0) is 67.9 Å². The molecule has 1 aromatic heterocycles. The van der Waals surface area contributed by atoms with Gasteiger partial charge in [0.1, 0.15) is 0 Å². The number of nitrogens with two attached hydrogens (primary N) is 1. The van der Waals surface area contributed by atoms with Crippen molar-refractivity contribution in [2.45, 2.75) is 32.9 Å². The van der Waals surface area contributed by atoms with Gasteiger partial charge in [0.15, 0.2) is 0 Å². The quantitative estimate of drug-likeness (QED) is 0.530. The van der Waals surface area contributed by atoms with Crippen LogP contribution in [0.25, 0.3) is 0 Å². The highest BCUT2D eigenvalue weighted by atomic mass is 16.1. The Hall–Kier alpha value is -2.32. The first-order valence-electron chi connectivity index (χ1n) is 11.7. The third kappa shape index (κ3) is 8.67. The van der Waals surface area contributed by atoms with E-state index in [1.54, 1.807) is 0 Å². The highest BCUT2D eigenvalue weighted by Crippen LogP contribution is 2.14. The van der Waals surface area contributed by atoms with E-state index in [0.29, 0.717) is 0 Å². The summed E-state index contributed by atoms with van der Waals surface area (Å²) in [5, 5.41) is 2.84. The average molecular weight is 439 g/mol. The third-order valence-electron chi connectivity index (χ3n) is 5.93. The first kappa shape index (κ1) is 24.3. The van der Waals surface area contributed by atoms with Crippen LogP contribution in [0.4, 0.5) is 5.69 Å². The van der Waals surface area contributed by atoms with Gasteiger partial charge in [-0.25, -0.2) is 0 Å². The van der Waals surface area contributed by atoms with Crippen LogP contribution in [0.1, 0.15) is 30.9 Å². The number of aromatic nitrogens is 1. The molecule has 0 saturated carbocycles. The summed E-state index contributed by atoms with van der Waals surface area (Å²) >= 11 is 0. The fraction of sp³-hybridized carbons (Fsp3) is 0.520. The zero-order chi connectivity index (χ0) is 22.6. The number of rotatable bonds is 12. The van der Waals surface area contributed by atoms with Gasteiger partial charge in [0, 0.05) is 70.8 Å². The van der Waals surface area contributed by atoms with Gasteiger partial charge in [-0.3, -0.25) is 14.7 Å². The molecule has 1 saturated heterocycles. The fourth-order valence-corrected chi connectivity index (χ4v) is 4.18. The molecule has 2 heterocycles. The molecule has 32 heavy (non-hydrogen) atoms. The Morgan fingerprint density at radius 3 is 2.06 bits per heavy atom. The number of nitrogens with zero attached hydrogens (tertiary/aromatic N) is 4. The van der Waals surface area contributed by atoms with Gasteiger partial charge in [0.05, 0.1) is 0 Å². The fourth-order valence-electron chi connectivity index (χ4n) is 4.18. The maximum absolute atomic E-state index is 11.3. The van der Waals surface area contributed by atoms with Crippen molar-refractivity contribution < 1.29 is 4.79 Å². The normalized spacial score (nSPS) is 15.2. The van der Waals surface area contributed by atoms with Crippen LogP contribution < -0.4 is 11.1 Å². The SMILES string of the molecule is CC(=O)Nc1ccc(CN(CCCN2CCN(CCCN)CC2)Cc2ccncc2)cc1. The Morgan fingerprint density at radius 2 is 1.50 bits per heavy atom. The highest BCUT2D eigenvalue weighted by Gasteiger charge is 2.16. The molecule has 7 heteroatoms. The average Bonchev–Trinajstić information content (AvgIpc) is 2.80. The molecule has 0 bridgehead atoms.